The van der Waals surface area contributed by atoms with Crippen molar-refractivity contribution >= 4 is 11.6 Å². The molecule has 0 N–H and O–H groups in total. The Bertz CT molecular complexity index is 349. The van der Waals surface area contributed by atoms with Crippen LogP contribution in [0.4, 0.5) is 4.39 Å². The highest BCUT2D eigenvalue weighted by atomic mass is 35.5. The molecule has 0 unspecified atom stereocenters. The van der Waals surface area contributed by atoms with Crippen LogP contribution in [0.2, 0.25) is 0 Å². The molecule has 0 bridgehead atoms. The van der Waals surface area contributed by atoms with Crippen molar-refractivity contribution in [2.75, 3.05) is 25.6 Å². The van der Waals surface area contributed by atoms with Gasteiger partial charge in [-0.1, -0.05) is 12.1 Å². The zero-order chi connectivity index (χ0) is 12.8. The molecule has 18 heavy (non-hydrogen) atoms. The molecule has 4 heteroatoms. The van der Waals surface area contributed by atoms with E-state index in [1.165, 1.54) is 12.1 Å². The fraction of sp³-hybridized carbons (Fsp3) is 0.571. The van der Waals surface area contributed by atoms with Crippen LogP contribution in [0.5, 0.6) is 0 Å². The van der Waals surface area contributed by atoms with Gasteiger partial charge in [0.1, 0.15) is 5.82 Å². The van der Waals surface area contributed by atoms with Gasteiger partial charge in [-0.25, -0.2) is 4.39 Å². The second-order valence-corrected chi connectivity index (χ2v) is 5.04. The van der Waals surface area contributed by atoms with Gasteiger partial charge < -0.3 is 4.74 Å². The van der Waals surface area contributed by atoms with E-state index in [2.05, 4.69) is 4.90 Å². The van der Waals surface area contributed by atoms with Crippen LogP contribution in [-0.2, 0) is 11.3 Å². The van der Waals surface area contributed by atoms with E-state index in [1.807, 2.05) is 12.1 Å². The number of hydrogen-bond donors (Lipinski definition) is 0. The fourth-order valence-corrected chi connectivity index (χ4v) is 2.38. The Hall–Kier alpha value is -0.640. The highest BCUT2D eigenvalue weighted by Crippen LogP contribution is 2.16. The molecule has 1 aliphatic rings. The number of rotatable bonds is 5. The summed E-state index contributed by atoms with van der Waals surface area (Å²) in [7, 11) is 0. The topological polar surface area (TPSA) is 12.5 Å². The van der Waals surface area contributed by atoms with Crippen molar-refractivity contribution in [3.8, 4) is 0 Å². The summed E-state index contributed by atoms with van der Waals surface area (Å²) in [6.07, 6.45) is 2.46. The van der Waals surface area contributed by atoms with E-state index in [-0.39, 0.29) is 5.82 Å². The zero-order valence-electron chi connectivity index (χ0n) is 10.4. The standard InChI is InChI=1S/C14H19ClFNO/c15-7-10-18-14-5-8-17(9-6-14)11-12-1-3-13(16)4-2-12/h1-4,14H,5-11H2. The van der Waals surface area contributed by atoms with Crippen LogP contribution in [0.25, 0.3) is 0 Å². The van der Waals surface area contributed by atoms with E-state index >= 15 is 0 Å². The summed E-state index contributed by atoms with van der Waals surface area (Å²) in [5, 5.41) is 0. The number of piperidine rings is 1. The molecule has 0 radical (unpaired) electrons. The summed E-state index contributed by atoms with van der Waals surface area (Å²) < 4.78 is 18.4. The van der Waals surface area contributed by atoms with E-state index in [4.69, 9.17) is 16.3 Å². The van der Waals surface area contributed by atoms with Gasteiger partial charge in [0.25, 0.3) is 0 Å². The summed E-state index contributed by atoms with van der Waals surface area (Å²) in [5.74, 6) is 0.391. The van der Waals surface area contributed by atoms with Crippen molar-refractivity contribution in [1.29, 1.82) is 0 Å². The Morgan fingerprint density at radius 1 is 1.22 bits per heavy atom. The quantitative estimate of drug-likeness (QED) is 0.764. The lowest BCUT2D eigenvalue weighted by Gasteiger charge is -2.31. The normalized spacial score (nSPS) is 18.1. The molecular formula is C14H19ClFNO. The van der Waals surface area contributed by atoms with Crippen LogP contribution in [0, 0.1) is 5.82 Å². The third kappa shape index (κ3) is 4.23. The number of benzene rings is 1. The molecule has 0 saturated carbocycles. The van der Waals surface area contributed by atoms with Crippen molar-refractivity contribution in [2.24, 2.45) is 0 Å². The number of hydrogen-bond acceptors (Lipinski definition) is 2. The van der Waals surface area contributed by atoms with Crippen LogP contribution in [0.1, 0.15) is 18.4 Å². The van der Waals surface area contributed by atoms with Crippen LogP contribution < -0.4 is 0 Å². The first-order valence-corrected chi connectivity index (χ1v) is 6.96. The number of halogens is 2. The van der Waals surface area contributed by atoms with E-state index in [0.717, 1.165) is 38.0 Å². The molecular weight excluding hydrogens is 253 g/mol. The summed E-state index contributed by atoms with van der Waals surface area (Å²) in [6.45, 7) is 3.60. The Kier molecular flexibility index (Phi) is 5.42. The lowest BCUT2D eigenvalue weighted by atomic mass is 10.1. The van der Waals surface area contributed by atoms with Crippen molar-refractivity contribution in [2.45, 2.75) is 25.5 Å². The first-order valence-electron chi connectivity index (χ1n) is 6.42. The van der Waals surface area contributed by atoms with Gasteiger partial charge in [-0.2, -0.15) is 0 Å². The van der Waals surface area contributed by atoms with Crippen molar-refractivity contribution in [1.82, 2.24) is 4.90 Å². The highest BCUT2D eigenvalue weighted by molar-refractivity contribution is 6.17. The molecule has 0 atom stereocenters. The van der Waals surface area contributed by atoms with Crippen LogP contribution in [-0.4, -0.2) is 36.6 Å². The summed E-state index contributed by atoms with van der Waals surface area (Å²) >= 11 is 5.60. The van der Waals surface area contributed by atoms with Gasteiger partial charge in [-0.05, 0) is 30.5 Å². The largest absolute Gasteiger partial charge is 0.377 e. The molecule has 0 aliphatic carbocycles. The Morgan fingerprint density at radius 3 is 2.50 bits per heavy atom. The fourth-order valence-electron chi connectivity index (χ4n) is 2.29. The third-order valence-corrected chi connectivity index (χ3v) is 3.44. The molecule has 100 valence electrons. The molecule has 1 aromatic rings. The molecule has 1 aromatic carbocycles. The average molecular weight is 272 g/mol. The smallest absolute Gasteiger partial charge is 0.123 e. The molecule has 0 amide bonds. The summed E-state index contributed by atoms with van der Waals surface area (Å²) in [4.78, 5) is 2.38. The molecule has 1 fully saturated rings. The van der Waals surface area contributed by atoms with Crippen LogP contribution >= 0.6 is 11.6 Å². The van der Waals surface area contributed by atoms with Gasteiger partial charge in [-0.3, -0.25) is 4.90 Å². The van der Waals surface area contributed by atoms with E-state index in [0.29, 0.717) is 18.6 Å². The van der Waals surface area contributed by atoms with E-state index in [9.17, 15) is 4.39 Å². The van der Waals surface area contributed by atoms with Crippen molar-refractivity contribution in [3.63, 3.8) is 0 Å². The van der Waals surface area contributed by atoms with Crippen LogP contribution in [0.15, 0.2) is 24.3 Å². The van der Waals surface area contributed by atoms with Gasteiger partial charge in [0.2, 0.25) is 0 Å². The third-order valence-electron chi connectivity index (χ3n) is 3.28. The predicted molar refractivity (Wildman–Crippen MR) is 71.4 cm³/mol. The maximum atomic E-state index is 12.8. The lowest BCUT2D eigenvalue weighted by molar-refractivity contribution is 0.0134. The van der Waals surface area contributed by atoms with Gasteiger partial charge >= 0.3 is 0 Å². The number of ether oxygens (including phenoxy) is 1. The maximum Gasteiger partial charge on any atom is 0.123 e. The van der Waals surface area contributed by atoms with Gasteiger partial charge in [-0.15, -0.1) is 11.6 Å². The first kappa shape index (κ1) is 13.8. The predicted octanol–water partition coefficient (Wildman–Crippen LogP) is 3.05. The van der Waals surface area contributed by atoms with Gasteiger partial charge in [0, 0.05) is 25.5 Å². The molecule has 2 nitrogen and oxygen atoms in total. The molecule has 1 aliphatic heterocycles. The minimum Gasteiger partial charge on any atom is -0.377 e. The molecule has 1 heterocycles. The lowest BCUT2D eigenvalue weighted by Crippen LogP contribution is -2.36. The second kappa shape index (κ2) is 7.07. The maximum absolute atomic E-state index is 12.8. The molecule has 2 rings (SSSR count). The monoisotopic (exact) mass is 271 g/mol. The van der Waals surface area contributed by atoms with Crippen molar-refractivity contribution in [3.05, 3.63) is 35.6 Å². The van der Waals surface area contributed by atoms with E-state index < -0.39 is 0 Å². The summed E-state index contributed by atoms with van der Waals surface area (Å²) in [6, 6.07) is 6.74. The van der Waals surface area contributed by atoms with Crippen molar-refractivity contribution < 1.29 is 9.13 Å². The first-order chi connectivity index (χ1) is 8.78. The molecule has 0 aromatic heterocycles. The van der Waals surface area contributed by atoms with Gasteiger partial charge in [0.15, 0.2) is 0 Å². The highest BCUT2D eigenvalue weighted by Gasteiger charge is 2.19. The second-order valence-electron chi connectivity index (χ2n) is 4.66. The molecule has 0 spiro atoms. The minimum absolute atomic E-state index is 0.174. The molecule has 1 saturated heterocycles. The minimum atomic E-state index is -0.174. The van der Waals surface area contributed by atoms with E-state index in [1.54, 1.807) is 0 Å². The number of likely N-dealkylation sites (tertiary alicyclic amines) is 1. The number of alkyl halides is 1. The SMILES string of the molecule is Fc1ccc(CN2CCC(OCCCl)CC2)cc1. The Balaban J connectivity index is 1.74. The Morgan fingerprint density at radius 2 is 1.89 bits per heavy atom. The zero-order valence-corrected chi connectivity index (χ0v) is 11.2. The number of nitrogens with zero attached hydrogens (tertiary/aromatic N) is 1. The Labute approximate surface area is 113 Å². The average Bonchev–Trinajstić information content (AvgIpc) is 2.41. The summed E-state index contributed by atoms with van der Waals surface area (Å²) in [5.41, 5.74) is 1.16. The van der Waals surface area contributed by atoms with Crippen LogP contribution in [0.3, 0.4) is 0 Å². The van der Waals surface area contributed by atoms with Gasteiger partial charge in [0.05, 0.1) is 12.7 Å².